The van der Waals surface area contributed by atoms with Crippen LogP contribution in [-0.2, 0) is 9.53 Å². The van der Waals surface area contributed by atoms with Crippen LogP contribution in [0.2, 0.25) is 24.7 Å². The maximum absolute atomic E-state index is 11.4. The van der Waals surface area contributed by atoms with Gasteiger partial charge in [-0.05, 0) is 85.9 Å². The second-order valence-corrected chi connectivity index (χ2v) is 18.0. The molecule has 38 heavy (non-hydrogen) atoms. The van der Waals surface area contributed by atoms with Gasteiger partial charge in [-0.3, -0.25) is 0 Å². The number of benzene rings is 1. The molecule has 3 rings (SSSR count). The topological polar surface area (TPSA) is 55.8 Å². The lowest BCUT2D eigenvalue weighted by atomic mass is 9.70. The molecule has 0 aliphatic heterocycles. The number of carbonyl (C=O) groups excluding carboxylic acids is 1. The smallest absolute Gasteiger partial charge is 0.335 e. The number of ether oxygens (including phenoxy) is 2. The third kappa shape index (κ3) is 9.55. The van der Waals surface area contributed by atoms with Crippen molar-refractivity contribution >= 4 is 14.0 Å². The first kappa shape index (κ1) is 30.9. The summed E-state index contributed by atoms with van der Waals surface area (Å²) >= 11 is 0. The number of unbranched alkanes of at least 4 members (excludes halogenated alkanes) is 3. The van der Waals surface area contributed by atoms with E-state index in [1.54, 1.807) is 0 Å². The fraction of sp³-hybridized carbons (Fsp3) is 0.727. The van der Waals surface area contributed by atoms with Gasteiger partial charge in [-0.1, -0.05) is 83.3 Å². The highest BCUT2D eigenvalue weighted by Crippen LogP contribution is 2.48. The Hall–Kier alpha value is -1.59. The first-order chi connectivity index (χ1) is 18.3. The van der Waals surface area contributed by atoms with Crippen molar-refractivity contribution in [3.05, 3.63) is 42.0 Å². The Kier molecular flexibility index (Phi) is 12.9. The van der Waals surface area contributed by atoms with Gasteiger partial charge in [0.15, 0.2) is 0 Å². The van der Waals surface area contributed by atoms with Crippen LogP contribution >= 0.6 is 0 Å². The molecular formula is C33H54O4Si. The number of aliphatic hydroxyl groups is 1. The zero-order valence-electron chi connectivity index (χ0n) is 24.5. The minimum atomic E-state index is -1.02. The molecule has 0 bridgehead atoms. The maximum Gasteiger partial charge on any atom is 0.335 e. The highest BCUT2D eigenvalue weighted by Gasteiger charge is 2.37. The van der Waals surface area contributed by atoms with Gasteiger partial charge in [0.05, 0.1) is 33.5 Å². The van der Waals surface area contributed by atoms with Crippen molar-refractivity contribution in [2.75, 3.05) is 19.8 Å². The van der Waals surface area contributed by atoms with E-state index in [0.717, 1.165) is 42.4 Å². The first-order valence-corrected chi connectivity index (χ1v) is 18.8. The second kappa shape index (κ2) is 15.9. The summed E-state index contributed by atoms with van der Waals surface area (Å²) in [5, 5.41) is 8.87. The van der Waals surface area contributed by atoms with Crippen LogP contribution in [0.5, 0.6) is 5.75 Å². The summed E-state index contributed by atoms with van der Waals surface area (Å²) in [5.74, 6) is 3.10. The molecule has 2 aliphatic carbocycles. The molecule has 0 amide bonds. The second-order valence-electron chi connectivity index (χ2n) is 12.7. The average molecular weight is 543 g/mol. The van der Waals surface area contributed by atoms with Crippen LogP contribution in [0.3, 0.4) is 0 Å². The molecule has 4 nitrogen and oxygen atoms in total. The molecule has 2 fully saturated rings. The van der Waals surface area contributed by atoms with Crippen LogP contribution in [0.25, 0.3) is 0 Å². The van der Waals surface area contributed by atoms with Crippen molar-refractivity contribution in [3.63, 3.8) is 0 Å². The Morgan fingerprint density at radius 1 is 0.895 bits per heavy atom. The van der Waals surface area contributed by atoms with E-state index in [1.807, 2.05) is 0 Å². The normalized spacial score (nSPS) is 24.1. The molecule has 214 valence electrons. The zero-order chi connectivity index (χ0) is 27.4. The molecule has 5 heteroatoms. The molecule has 0 spiro atoms. The van der Waals surface area contributed by atoms with Crippen LogP contribution in [0, 0.1) is 11.8 Å². The summed E-state index contributed by atoms with van der Waals surface area (Å²) in [6, 6.07) is 10.4. The van der Waals surface area contributed by atoms with E-state index in [4.69, 9.17) is 14.6 Å². The number of esters is 1. The quantitative estimate of drug-likeness (QED) is 0.104. The average Bonchev–Trinajstić information content (AvgIpc) is 2.95. The molecular weight excluding hydrogens is 488 g/mol. The minimum Gasteiger partial charge on any atom is -0.494 e. The Morgan fingerprint density at radius 2 is 1.50 bits per heavy atom. The highest BCUT2D eigenvalue weighted by atomic mass is 28.3. The van der Waals surface area contributed by atoms with E-state index in [2.05, 4.69) is 50.9 Å². The van der Waals surface area contributed by atoms with Gasteiger partial charge in [0.25, 0.3) is 0 Å². The minimum absolute atomic E-state index is 0.102. The van der Waals surface area contributed by atoms with Gasteiger partial charge in [-0.25, -0.2) is 4.79 Å². The summed E-state index contributed by atoms with van der Waals surface area (Å²) in [5.41, 5.74) is 2.66. The summed E-state index contributed by atoms with van der Waals surface area (Å²) in [6.45, 7) is 11.8. The largest absolute Gasteiger partial charge is 0.494 e. The Bertz CT molecular complexity index is 833. The van der Waals surface area contributed by atoms with Gasteiger partial charge in [0, 0.05) is 0 Å². The molecule has 1 aromatic carbocycles. The molecule has 0 saturated heterocycles. The number of hydrogen-bond acceptors (Lipinski definition) is 4. The number of rotatable bonds is 15. The van der Waals surface area contributed by atoms with Crippen LogP contribution in [0.4, 0.5) is 0 Å². The lowest BCUT2D eigenvalue weighted by molar-refractivity contribution is -0.139. The number of aliphatic hydroxyl groups excluding tert-OH is 1. The molecule has 0 atom stereocenters. The zero-order valence-corrected chi connectivity index (χ0v) is 25.5. The third-order valence-corrected chi connectivity index (χ3v) is 14.0. The predicted octanol–water partition coefficient (Wildman–Crippen LogP) is 8.67. The summed E-state index contributed by atoms with van der Waals surface area (Å²) in [6.07, 6.45) is 17.0. The molecule has 1 aromatic rings. The van der Waals surface area contributed by atoms with Crippen molar-refractivity contribution in [1.29, 1.82) is 0 Å². The molecule has 0 radical (unpaired) electrons. The molecule has 1 N–H and O–H groups in total. The van der Waals surface area contributed by atoms with Crippen LogP contribution in [0.1, 0.15) is 102 Å². The summed E-state index contributed by atoms with van der Waals surface area (Å²) in [4.78, 5) is 11.4. The molecule has 0 heterocycles. The lowest BCUT2D eigenvalue weighted by Crippen LogP contribution is -2.36. The van der Waals surface area contributed by atoms with Gasteiger partial charge in [-0.2, -0.15) is 0 Å². The molecule has 2 aliphatic rings. The fourth-order valence-corrected chi connectivity index (χ4v) is 10.4. The van der Waals surface area contributed by atoms with Crippen molar-refractivity contribution < 1.29 is 19.4 Å². The maximum atomic E-state index is 11.4. The molecule has 0 unspecified atom stereocenters. The van der Waals surface area contributed by atoms with Crippen molar-refractivity contribution in [1.82, 2.24) is 0 Å². The SMILES string of the molecule is C=C(CO)C(=O)OCCCCCOc1ccc(C2CCC(C3CCC([Si](C)(C)CCCC)CC3)CC2)cc1. The summed E-state index contributed by atoms with van der Waals surface area (Å²) in [7, 11) is -1.02. The van der Waals surface area contributed by atoms with E-state index in [9.17, 15) is 4.79 Å². The van der Waals surface area contributed by atoms with Crippen LogP contribution in [-0.4, -0.2) is 39.0 Å². The van der Waals surface area contributed by atoms with Gasteiger partial charge in [0.2, 0.25) is 0 Å². The van der Waals surface area contributed by atoms with E-state index >= 15 is 0 Å². The highest BCUT2D eigenvalue weighted by molar-refractivity contribution is 6.78. The van der Waals surface area contributed by atoms with Gasteiger partial charge >= 0.3 is 5.97 Å². The van der Waals surface area contributed by atoms with Crippen LogP contribution < -0.4 is 4.74 Å². The van der Waals surface area contributed by atoms with Crippen LogP contribution in [0.15, 0.2) is 36.4 Å². The van der Waals surface area contributed by atoms with Gasteiger partial charge in [-0.15, -0.1) is 0 Å². The van der Waals surface area contributed by atoms with Gasteiger partial charge in [0.1, 0.15) is 5.75 Å². The Labute approximate surface area is 233 Å². The lowest BCUT2D eigenvalue weighted by Gasteiger charge is -2.42. The van der Waals surface area contributed by atoms with E-state index < -0.39 is 14.0 Å². The number of hydrogen-bond donors (Lipinski definition) is 1. The van der Waals surface area contributed by atoms with Crippen molar-refractivity contribution in [2.45, 2.75) is 121 Å². The van der Waals surface area contributed by atoms with E-state index in [1.165, 1.54) is 75.8 Å². The Balaban J connectivity index is 1.30. The predicted molar refractivity (Wildman–Crippen MR) is 161 cm³/mol. The molecule has 2 saturated carbocycles. The van der Waals surface area contributed by atoms with E-state index in [0.29, 0.717) is 19.1 Å². The van der Waals surface area contributed by atoms with E-state index in [-0.39, 0.29) is 12.2 Å². The fourth-order valence-electron chi connectivity index (χ4n) is 6.87. The number of carbonyl (C=O) groups is 1. The standard InChI is InChI=1S/C33H54O4Si/c1-5-6-24-38(3,4)32-20-16-30(17-21-32)28-12-10-27(11-13-28)29-14-18-31(19-15-29)36-22-8-7-9-23-37-33(35)26(2)25-34/h14-15,18-19,27-28,30,32,34H,2,5-13,16-17,20-25H2,1,3-4H3. The monoisotopic (exact) mass is 542 g/mol. The summed E-state index contributed by atoms with van der Waals surface area (Å²) < 4.78 is 11.0. The third-order valence-electron chi connectivity index (χ3n) is 9.61. The Morgan fingerprint density at radius 3 is 2.11 bits per heavy atom. The first-order valence-electron chi connectivity index (χ1n) is 15.5. The van der Waals surface area contributed by atoms with Crippen molar-refractivity contribution in [2.24, 2.45) is 11.8 Å². The van der Waals surface area contributed by atoms with Gasteiger partial charge < -0.3 is 14.6 Å². The van der Waals surface area contributed by atoms with Crippen molar-refractivity contribution in [3.8, 4) is 5.75 Å². The molecule has 0 aromatic heterocycles.